The van der Waals surface area contributed by atoms with Gasteiger partial charge < -0.3 is 24.4 Å². The number of para-hydroxylation sites is 2. The van der Waals surface area contributed by atoms with Crippen molar-refractivity contribution in [1.82, 2.24) is 15.1 Å². The molecule has 0 bridgehead atoms. The van der Waals surface area contributed by atoms with E-state index in [4.69, 9.17) is 14.2 Å². The van der Waals surface area contributed by atoms with Gasteiger partial charge in [-0.1, -0.05) is 12.1 Å². The Hall–Kier alpha value is -1.99. The molecular formula is C18H27N3O4. The number of urea groups is 1. The fourth-order valence-corrected chi connectivity index (χ4v) is 3.08. The zero-order valence-electron chi connectivity index (χ0n) is 14.9. The summed E-state index contributed by atoms with van der Waals surface area (Å²) in [4.78, 5) is 16.3. The number of amides is 2. The molecule has 3 rings (SSSR count). The SMILES string of the molecule is C[C@H](CN1CCOCC1)NC(=O)N(C)C[C@@H]1COc2ccccc2O1. The molecule has 2 aliphatic rings. The van der Waals surface area contributed by atoms with Crippen LogP contribution in [0.1, 0.15) is 6.92 Å². The first-order valence-electron chi connectivity index (χ1n) is 8.82. The highest BCUT2D eigenvalue weighted by Gasteiger charge is 2.24. The Morgan fingerprint density at radius 1 is 1.32 bits per heavy atom. The summed E-state index contributed by atoms with van der Waals surface area (Å²) in [6.45, 7) is 7.15. The number of morpholine rings is 1. The van der Waals surface area contributed by atoms with Crippen LogP contribution in [0.5, 0.6) is 11.5 Å². The molecule has 0 spiro atoms. The standard InChI is InChI=1S/C18H27N3O4/c1-14(11-21-7-9-23-10-8-21)19-18(22)20(2)12-15-13-24-16-5-3-4-6-17(16)25-15/h3-6,14-15H,7-13H2,1-2H3,(H,19,22)/t14-,15-/m1/s1. The van der Waals surface area contributed by atoms with E-state index in [2.05, 4.69) is 10.2 Å². The van der Waals surface area contributed by atoms with Crippen molar-refractivity contribution in [2.24, 2.45) is 0 Å². The Morgan fingerprint density at radius 2 is 2.04 bits per heavy atom. The van der Waals surface area contributed by atoms with E-state index in [9.17, 15) is 4.79 Å². The van der Waals surface area contributed by atoms with E-state index in [0.717, 1.165) is 44.3 Å². The molecule has 2 atom stereocenters. The van der Waals surface area contributed by atoms with E-state index in [0.29, 0.717) is 13.2 Å². The van der Waals surface area contributed by atoms with E-state index >= 15 is 0 Å². The van der Waals surface area contributed by atoms with E-state index in [1.54, 1.807) is 11.9 Å². The number of fused-ring (bicyclic) bond motifs is 1. The van der Waals surface area contributed by atoms with Crippen LogP contribution >= 0.6 is 0 Å². The highest BCUT2D eigenvalue weighted by molar-refractivity contribution is 5.74. The summed E-state index contributed by atoms with van der Waals surface area (Å²) < 4.78 is 17.0. The first-order valence-corrected chi connectivity index (χ1v) is 8.82. The number of hydrogen-bond donors (Lipinski definition) is 1. The van der Waals surface area contributed by atoms with Crippen LogP contribution in [0, 0.1) is 0 Å². The third-order valence-corrected chi connectivity index (χ3v) is 4.40. The molecule has 0 aliphatic carbocycles. The molecular weight excluding hydrogens is 322 g/mol. The minimum absolute atomic E-state index is 0.0808. The van der Waals surface area contributed by atoms with Gasteiger partial charge in [0.25, 0.3) is 0 Å². The van der Waals surface area contributed by atoms with Crippen LogP contribution in [0.4, 0.5) is 4.79 Å². The predicted molar refractivity (Wildman–Crippen MR) is 94.2 cm³/mol. The number of nitrogens with one attached hydrogen (secondary N) is 1. The third kappa shape index (κ3) is 4.99. The van der Waals surface area contributed by atoms with Crippen molar-refractivity contribution in [2.45, 2.75) is 19.1 Å². The van der Waals surface area contributed by atoms with Gasteiger partial charge in [-0.05, 0) is 19.1 Å². The lowest BCUT2D eigenvalue weighted by atomic mass is 10.2. The molecule has 7 nitrogen and oxygen atoms in total. The lowest BCUT2D eigenvalue weighted by molar-refractivity contribution is 0.0344. The Morgan fingerprint density at radius 3 is 2.80 bits per heavy atom. The van der Waals surface area contributed by atoms with Gasteiger partial charge in [0, 0.05) is 32.7 Å². The van der Waals surface area contributed by atoms with E-state index < -0.39 is 0 Å². The van der Waals surface area contributed by atoms with E-state index in [1.807, 2.05) is 31.2 Å². The Kier molecular flexibility index (Phi) is 5.99. The van der Waals surface area contributed by atoms with Crippen molar-refractivity contribution < 1.29 is 19.0 Å². The van der Waals surface area contributed by atoms with Gasteiger partial charge in [-0.3, -0.25) is 4.90 Å². The molecule has 0 aromatic heterocycles. The third-order valence-electron chi connectivity index (χ3n) is 4.40. The summed E-state index contributed by atoms with van der Waals surface area (Å²) in [7, 11) is 1.78. The fraction of sp³-hybridized carbons (Fsp3) is 0.611. The van der Waals surface area contributed by atoms with Gasteiger partial charge in [0.2, 0.25) is 0 Å². The van der Waals surface area contributed by atoms with Crippen molar-refractivity contribution in [2.75, 3.05) is 53.0 Å². The number of carbonyl (C=O) groups is 1. The fourth-order valence-electron chi connectivity index (χ4n) is 3.08. The number of likely N-dealkylation sites (N-methyl/N-ethyl adjacent to an activating group) is 1. The predicted octanol–water partition coefficient (Wildman–Crippen LogP) is 1.19. The minimum Gasteiger partial charge on any atom is -0.486 e. The molecule has 2 aliphatic heterocycles. The molecule has 0 unspecified atom stereocenters. The van der Waals surface area contributed by atoms with Gasteiger partial charge in [0.15, 0.2) is 17.6 Å². The molecule has 1 aromatic rings. The summed E-state index contributed by atoms with van der Waals surface area (Å²) in [5.41, 5.74) is 0. The molecule has 0 radical (unpaired) electrons. The van der Waals surface area contributed by atoms with Crippen molar-refractivity contribution in [3.05, 3.63) is 24.3 Å². The van der Waals surface area contributed by atoms with Crippen molar-refractivity contribution in [3.8, 4) is 11.5 Å². The van der Waals surface area contributed by atoms with Gasteiger partial charge in [-0.15, -0.1) is 0 Å². The number of rotatable bonds is 5. The molecule has 2 heterocycles. The van der Waals surface area contributed by atoms with Crippen LogP contribution in [0.2, 0.25) is 0 Å². The van der Waals surface area contributed by atoms with Crippen LogP contribution in [0.25, 0.3) is 0 Å². The normalized spacial score (nSPS) is 21.4. The molecule has 7 heteroatoms. The molecule has 138 valence electrons. The Bertz CT molecular complexity index is 577. The molecule has 1 N–H and O–H groups in total. The second kappa shape index (κ2) is 8.40. The highest BCUT2D eigenvalue weighted by Crippen LogP contribution is 2.30. The molecule has 1 aromatic carbocycles. The first kappa shape index (κ1) is 17.8. The van der Waals surface area contributed by atoms with Crippen LogP contribution in [0.15, 0.2) is 24.3 Å². The molecule has 0 saturated carbocycles. The number of ether oxygens (including phenoxy) is 3. The second-order valence-electron chi connectivity index (χ2n) is 6.64. The maximum atomic E-state index is 12.4. The topological polar surface area (TPSA) is 63.3 Å². The lowest BCUT2D eigenvalue weighted by Crippen LogP contribution is -2.51. The van der Waals surface area contributed by atoms with Crippen molar-refractivity contribution in [3.63, 3.8) is 0 Å². The summed E-state index contributed by atoms with van der Waals surface area (Å²) in [5, 5.41) is 3.04. The smallest absolute Gasteiger partial charge is 0.317 e. The monoisotopic (exact) mass is 349 g/mol. The lowest BCUT2D eigenvalue weighted by Gasteiger charge is -2.32. The van der Waals surface area contributed by atoms with E-state index in [1.165, 1.54) is 0 Å². The van der Waals surface area contributed by atoms with Crippen LogP contribution < -0.4 is 14.8 Å². The maximum Gasteiger partial charge on any atom is 0.317 e. The zero-order chi connectivity index (χ0) is 17.6. The average molecular weight is 349 g/mol. The summed E-state index contributed by atoms with van der Waals surface area (Å²) >= 11 is 0. The number of benzene rings is 1. The van der Waals surface area contributed by atoms with Crippen LogP contribution in [-0.4, -0.2) is 81.0 Å². The number of hydrogen-bond acceptors (Lipinski definition) is 5. The van der Waals surface area contributed by atoms with Crippen molar-refractivity contribution in [1.29, 1.82) is 0 Å². The second-order valence-corrected chi connectivity index (χ2v) is 6.64. The highest BCUT2D eigenvalue weighted by atomic mass is 16.6. The molecule has 1 fully saturated rings. The van der Waals surface area contributed by atoms with Gasteiger partial charge in [0.1, 0.15) is 6.61 Å². The maximum absolute atomic E-state index is 12.4. The van der Waals surface area contributed by atoms with Gasteiger partial charge in [-0.25, -0.2) is 4.79 Å². The zero-order valence-corrected chi connectivity index (χ0v) is 14.9. The summed E-state index contributed by atoms with van der Waals surface area (Å²) in [6.07, 6.45) is -0.166. The van der Waals surface area contributed by atoms with Crippen LogP contribution in [0.3, 0.4) is 0 Å². The largest absolute Gasteiger partial charge is 0.486 e. The summed E-state index contributed by atoms with van der Waals surface area (Å²) in [6, 6.07) is 7.58. The van der Waals surface area contributed by atoms with E-state index in [-0.39, 0.29) is 18.2 Å². The molecule has 2 amide bonds. The first-order chi connectivity index (χ1) is 12.1. The van der Waals surface area contributed by atoms with Crippen LogP contribution in [-0.2, 0) is 4.74 Å². The number of carbonyl (C=O) groups excluding carboxylic acids is 1. The van der Waals surface area contributed by atoms with Gasteiger partial charge in [-0.2, -0.15) is 0 Å². The quantitative estimate of drug-likeness (QED) is 0.865. The average Bonchev–Trinajstić information content (AvgIpc) is 2.62. The van der Waals surface area contributed by atoms with Gasteiger partial charge >= 0.3 is 6.03 Å². The summed E-state index contributed by atoms with van der Waals surface area (Å²) in [5.74, 6) is 1.48. The number of nitrogens with zero attached hydrogens (tertiary/aromatic N) is 2. The minimum atomic E-state index is -0.166. The molecule has 1 saturated heterocycles. The van der Waals surface area contributed by atoms with Gasteiger partial charge in [0.05, 0.1) is 19.8 Å². The molecule has 25 heavy (non-hydrogen) atoms. The Labute approximate surface area is 148 Å². The Balaban J connectivity index is 1.43. The van der Waals surface area contributed by atoms with Crippen molar-refractivity contribution >= 4 is 6.03 Å².